The van der Waals surface area contributed by atoms with Crippen LogP contribution >= 0.6 is 0 Å². The molecule has 0 aliphatic rings. The number of anilines is 1. The van der Waals surface area contributed by atoms with E-state index < -0.39 is 0 Å². The molecule has 7 heteroatoms. The van der Waals surface area contributed by atoms with Gasteiger partial charge in [-0.2, -0.15) is 0 Å². The fraction of sp³-hybridized carbons (Fsp3) is 0.529. The van der Waals surface area contributed by atoms with Crippen LogP contribution in [0.5, 0.6) is 11.5 Å². The topological polar surface area (TPSA) is 71.1 Å². The molecule has 134 valence electrons. The first kappa shape index (κ1) is 19.8. The van der Waals surface area contributed by atoms with Crippen molar-refractivity contribution in [3.05, 3.63) is 18.2 Å². The molecule has 1 aromatic carbocycles. The van der Waals surface area contributed by atoms with Gasteiger partial charge in [0.25, 0.3) is 0 Å². The van der Waals surface area contributed by atoms with Gasteiger partial charge in [-0.3, -0.25) is 14.5 Å². The normalized spacial score (nSPS) is 10.4. The van der Waals surface area contributed by atoms with E-state index >= 15 is 0 Å². The number of benzene rings is 1. The van der Waals surface area contributed by atoms with Crippen molar-refractivity contribution < 1.29 is 19.1 Å². The van der Waals surface area contributed by atoms with Crippen LogP contribution in [0.25, 0.3) is 0 Å². The lowest BCUT2D eigenvalue weighted by Gasteiger charge is -2.22. The van der Waals surface area contributed by atoms with Crippen molar-refractivity contribution in [2.24, 2.45) is 0 Å². The first-order valence-corrected chi connectivity index (χ1v) is 7.93. The van der Waals surface area contributed by atoms with Crippen molar-refractivity contribution in [2.75, 3.05) is 52.8 Å². The molecule has 0 spiro atoms. The van der Waals surface area contributed by atoms with E-state index in [1.165, 1.54) is 7.11 Å². The second-order valence-electron chi connectivity index (χ2n) is 5.35. The number of methoxy groups -OCH3 is 2. The van der Waals surface area contributed by atoms with Gasteiger partial charge in [-0.25, -0.2) is 0 Å². The number of hydrogen-bond donors (Lipinski definition) is 1. The SMILES string of the molecule is CCN(CC)C(=O)CN(C)CC(=O)Nc1ccc(OC)cc1OC. The minimum absolute atomic E-state index is 0.0114. The summed E-state index contributed by atoms with van der Waals surface area (Å²) in [5.41, 5.74) is 0.562. The standard InChI is InChI=1S/C17H27N3O4/c1-6-20(7-2)17(22)12-19(3)11-16(21)18-14-9-8-13(23-4)10-15(14)24-5/h8-10H,6-7,11-12H2,1-5H3,(H,18,21). The fourth-order valence-corrected chi connectivity index (χ4v) is 2.30. The zero-order valence-electron chi connectivity index (χ0n) is 15.1. The smallest absolute Gasteiger partial charge is 0.238 e. The van der Waals surface area contributed by atoms with E-state index in [-0.39, 0.29) is 24.9 Å². The Morgan fingerprint density at radius 2 is 1.75 bits per heavy atom. The van der Waals surface area contributed by atoms with Crippen LogP contribution in [0.15, 0.2) is 18.2 Å². The van der Waals surface area contributed by atoms with Crippen molar-refractivity contribution >= 4 is 17.5 Å². The monoisotopic (exact) mass is 337 g/mol. The number of hydrogen-bond acceptors (Lipinski definition) is 5. The molecule has 0 aliphatic carbocycles. The molecule has 0 unspecified atom stereocenters. The van der Waals surface area contributed by atoms with E-state index in [9.17, 15) is 9.59 Å². The van der Waals surface area contributed by atoms with Crippen LogP contribution in [-0.4, -0.2) is 69.1 Å². The fourth-order valence-electron chi connectivity index (χ4n) is 2.30. The molecule has 24 heavy (non-hydrogen) atoms. The maximum Gasteiger partial charge on any atom is 0.238 e. The Hall–Kier alpha value is -2.28. The van der Waals surface area contributed by atoms with Gasteiger partial charge in [0, 0.05) is 19.2 Å². The molecule has 0 fully saturated rings. The molecule has 1 aromatic rings. The first-order chi connectivity index (χ1) is 11.4. The summed E-state index contributed by atoms with van der Waals surface area (Å²) in [6.45, 7) is 5.52. The van der Waals surface area contributed by atoms with Crippen molar-refractivity contribution in [1.29, 1.82) is 0 Å². The van der Waals surface area contributed by atoms with E-state index in [4.69, 9.17) is 9.47 Å². The predicted molar refractivity (Wildman–Crippen MR) is 93.6 cm³/mol. The summed E-state index contributed by atoms with van der Waals surface area (Å²) in [5, 5.41) is 2.79. The Balaban J connectivity index is 2.61. The minimum atomic E-state index is -0.215. The number of carbonyl (C=O) groups is 2. The van der Waals surface area contributed by atoms with Gasteiger partial charge in [0.15, 0.2) is 0 Å². The quantitative estimate of drug-likeness (QED) is 0.738. The highest BCUT2D eigenvalue weighted by Gasteiger charge is 2.15. The van der Waals surface area contributed by atoms with Crippen molar-refractivity contribution in [3.63, 3.8) is 0 Å². The maximum atomic E-state index is 12.2. The average Bonchev–Trinajstić information content (AvgIpc) is 2.55. The lowest BCUT2D eigenvalue weighted by Crippen LogP contribution is -2.41. The Labute approximate surface area is 143 Å². The molecule has 1 N–H and O–H groups in total. The highest BCUT2D eigenvalue weighted by molar-refractivity contribution is 5.94. The number of amides is 2. The van der Waals surface area contributed by atoms with Crippen molar-refractivity contribution in [2.45, 2.75) is 13.8 Å². The second kappa shape index (κ2) is 9.77. The molecule has 0 saturated carbocycles. The summed E-state index contributed by atoms with van der Waals surface area (Å²) in [7, 11) is 4.83. The largest absolute Gasteiger partial charge is 0.497 e. The molecular weight excluding hydrogens is 310 g/mol. The van der Waals surface area contributed by atoms with Crippen LogP contribution in [0.3, 0.4) is 0 Å². The third-order valence-corrected chi connectivity index (χ3v) is 3.62. The molecule has 0 heterocycles. The molecule has 0 aliphatic heterocycles. The zero-order chi connectivity index (χ0) is 18.1. The zero-order valence-corrected chi connectivity index (χ0v) is 15.1. The predicted octanol–water partition coefficient (Wildman–Crippen LogP) is 1.44. The minimum Gasteiger partial charge on any atom is -0.497 e. The van der Waals surface area contributed by atoms with Crippen LogP contribution < -0.4 is 14.8 Å². The molecule has 1 rings (SSSR count). The van der Waals surface area contributed by atoms with Gasteiger partial charge in [-0.1, -0.05) is 0 Å². The van der Waals surface area contributed by atoms with Gasteiger partial charge >= 0.3 is 0 Å². The number of rotatable bonds is 9. The molecule has 0 radical (unpaired) electrons. The average molecular weight is 337 g/mol. The molecule has 0 saturated heterocycles. The van der Waals surface area contributed by atoms with Gasteiger partial charge in [0.05, 0.1) is 33.0 Å². The van der Waals surface area contributed by atoms with Gasteiger partial charge < -0.3 is 19.7 Å². The summed E-state index contributed by atoms with van der Waals surface area (Å²) < 4.78 is 10.4. The van der Waals surface area contributed by atoms with E-state index in [2.05, 4.69) is 5.32 Å². The lowest BCUT2D eigenvalue weighted by atomic mass is 10.2. The third kappa shape index (κ3) is 5.73. The molecule has 0 atom stereocenters. The lowest BCUT2D eigenvalue weighted by molar-refractivity contribution is -0.132. The van der Waals surface area contributed by atoms with Gasteiger partial charge in [-0.05, 0) is 33.0 Å². The van der Waals surface area contributed by atoms with E-state index in [0.29, 0.717) is 30.3 Å². The summed E-state index contributed by atoms with van der Waals surface area (Å²) in [5.74, 6) is 0.960. The van der Waals surface area contributed by atoms with Gasteiger partial charge in [-0.15, -0.1) is 0 Å². The molecule has 2 amide bonds. The molecular formula is C17H27N3O4. The highest BCUT2D eigenvalue weighted by Crippen LogP contribution is 2.28. The molecule has 7 nitrogen and oxygen atoms in total. The molecule has 0 bridgehead atoms. The second-order valence-corrected chi connectivity index (χ2v) is 5.35. The first-order valence-electron chi connectivity index (χ1n) is 7.93. The number of carbonyl (C=O) groups excluding carboxylic acids is 2. The summed E-state index contributed by atoms with van der Waals surface area (Å²) >= 11 is 0. The highest BCUT2D eigenvalue weighted by atomic mass is 16.5. The van der Waals surface area contributed by atoms with Crippen LogP contribution in [0, 0.1) is 0 Å². The Bertz CT molecular complexity index is 559. The molecule has 0 aromatic heterocycles. The van der Waals surface area contributed by atoms with Crippen LogP contribution in [-0.2, 0) is 9.59 Å². The third-order valence-electron chi connectivity index (χ3n) is 3.62. The Morgan fingerprint density at radius 3 is 2.29 bits per heavy atom. The Morgan fingerprint density at radius 1 is 1.08 bits per heavy atom. The van der Waals surface area contributed by atoms with Crippen LogP contribution in [0.4, 0.5) is 5.69 Å². The van der Waals surface area contributed by atoms with E-state index in [0.717, 1.165) is 0 Å². The summed E-state index contributed by atoms with van der Waals surface area (Å²) in [4.78, 5) is 27.6. The van der Waals surface area contributed by atoms with Crippen LogP contribution in [0.2, 0.25) is 0 Å². The van der Waals surface area contributed by atoms with Crippen molar-refractivity contribution in [1.82, 2.24) is 9.80 Å². The van der Waals surface area contributed by atoms with E-state index in [1.54, 1.807) is 42.2 Å². The number of likely N-dealkylation sites (N-methyl/N-ethyl adjacent to an activating group) is 2. The number of nitrogens with zero attached hydrogens (tertiary/aromatic N) is 2. The van der Waals surface area contributed by atoms with Gasteiger partial charge in [0.2, 0.25) is 11.8 Å². The number of nitrogens with one attached hydrogen (secondary N) is 1. The number of ether oxygens (including phenoxy) is 2. The maximum absolute atomic E-state index is 12.2. The van der Waals surface area contributed by atoms with Crippen molar-refractivity contribution in [3.8, 4) is 11.5 Å². The van der Waals surface area contributed by atoms with E-state index in [1.807, 2.05) is 13.8 Å². The summed E-state index contributed by atoms with van der Waals surface area (Å²) in [6.07, 6.45) is 0. The van der Waals surface area contributed by atoms with Gasteiger partial charge in [0.1, 0.15) is 11.5 Å². The summed E-state index contributed by atoms with van der Waals surface area (Å²) in [6, 6.07) is 5.16. The van der Waals surface area contributed by atoms with Crippen LogP contribution in [0.1, 0.15) is 13.8 Å². The Kier molecular flexibility index (Phi) is 8.05.